The molecule has 0 spiro atoms. The van der Waals surface area contributed by atoms with Gasteiger partial charge in [0.1, 0.15) is 0 Å². The average Bonchev–Trinajstić information content (AvgIpc) is 2.34. The molecule has 1 rings (SSSR count). The van der Waals surface area contributed by atoms with E-state index in [1.54, 1.807) is 0 Å². The number of likely N-dealkylation sites (tertiary alicyclic amines) is 1. The molecule has 1 aliphatic heterocycles. The van der Waals surface area contributed by atoms with Gasteiger partial charge in [0.2, 0.25) is 5.91 Å². The number of nitrogens with zero attached hydrogens (tertiary/aromatic N) is 1. The predicted octanol–water partition coefficient (Wildman–Crippen LogP) is 0.265. The monoisotopic (exact) mass is 244 g/mol. The summed E-state index contributed by atoms with van der Waals surface area (Å²) in [6, 6.07) is 0. The number of nitrogens with one attached hydrogen (secondary N) is 1. The Bertz CT molecular complexity index is 262. The van der Waals surface area contributed by atoms with E-state index in [0.29, 0.717) is 38.9 Å². The number of unbranched alkanes of at least 4 members (excludes halogenated alkanes) is 1. The van der Waals surface area contributed by atoms with Crippen molar-refractivity contribution in [2.45, 2.75) is 25.7 Å². The highest BCUT2D eigenvalue weighted by atomic mass is 16.4. The zero-order chi connectivity index (χ0) is 12.7. The van der Waals surface area contributed by atoms with Crippen LogP contribution in [0.2, 0.25) is 0 Å². The normalized spacial score (nSPS) is 16.9. The largest absolute Gasteiger partial charge is 0.465 e. The van der Waals surface area contributed by atoms with Crippen molar-refractivity contribution in [2.24, 2.45) is 5.92 Å². The van der Waals surface area contributed by atoms with Gasteiger partial charge in [0.25, 0.3) is 0 Å². The second kappa shape index (κ2) is 7.11. The summed E-state index contributed by atoms with van der Waals surface area (Å²) in [7, 11) is 0. The third kappa shape index (κ3) is 4.60. The van der Waals surface area contributed by atoms with E-state index in [4.69, 9.17) is 10.2 Å². The Balaban J connectivity index is 2.19. The van der Waals surface area contributed by atoms with Crippen molar-refractivity contribution < 1.29 is 19.8 Å². The Morgan fingerprint density at radius 3 is 2.41 bits per heavy atom. The van der Waals surface area contributed by atoms with Gasteiger partial charge in [0.15, 0.2) is 0 Å². The van der Waals surface area contributed by atoms with Gasteiger partial charge in [-0.05, 0) is 25.7 Å². The van der Waals surface area contributed by atoms with Gasteiger partial charge in [-0.15, -0.1) is 0 Å². The first-order valence-electron chi connectivity index (χ1n) is 6.01. The minimum absolute atomic E-state index is 0.00739. The number of rotatable bonds is 5. The molecular formula is C11H20N2O4. The van der Waals surface area contributed by atoms with Gasteiger partial charge < -0.3 is 20.4 Å². The highest BCUT2D eigenvalue weighted by molar-refractivity contribution is 5.79. The van der Waals surface area contributed by atoms with Crippen molar-refractivity contribution in [1.82, 2.24) is 10.2 Å². The number of piperidine rings is 1. The molecule has 3 N–H and O–H groups in total. The van der Waals surface area contributed by atoms with Gasteiger partial charge >= 0.3 is 6.09 Å². The van der Waals surface area contributed by atoms with Crippen LogP contribution in [0.4, 0.5) is 4.79 Å². The SMILES string of the molecule is O=C(NCCCCO)C1CCN(C(=O)O)CC1. The molecule has 0 atom stereocenters. The number of hydrogen-bond donors (Lipinski definition) is 3. The van der Waals surface area contributed by atoms with Gasteiger partial charge in [-0.3, -0.25) is 4.79 Å². The second-order valence-electron chi connectivity index (χ2n) is 4.27. The van der Waals surface area contributed by atoms with Crippen LogP contribution in [-0.2, 0) is 4.79 Å². The van der Waals surface area contributed by atoms with Gasteiger partial charge in [0, 0.05) is 32.2 Å². The Hall–Kier alpha value is -1.30. The summed E-state index contributed by atoms with van der Waals surface area (Å²) in [5, 5.41) is 20.2. The van der Waals surface area contributed by atoms with Crippen LogP contribution in [0.25, 0.3) is 0 Å². The first-order valence-corrected chi connectivity index (χ1v) is 6.01. The summed E-state index contributed by atoms with van der Waals surface area (Å²) in [5.41, 5.74) is 0. The van der Waals surface area contributed by atoms with E-state index in [2.05, 4.69) is 5.32 Å². The van der Waals surface area contributed by atoms with Gasteiger partial charge in [-0.1, -0.05) is 0 Å². The van der Waals surface area contributed by atoms with Crippen molar-refractivity contribution in [3.05, 3.63) is 0 Å². The van der Waals surface area contributed by atoms with Crippen LogP contribution in [0.1, 0.15) is 25.7 Å². The highest BCUT2D eigenvalue weighted by Crippen LogP contribution is 2.17. The molecule has 1 aliphatic rings. The van der Waals surface area contributed by atoms with Gasteiger partial charge in [0.05, 0.1) is 0 Å². The maximum absolute atomic E-state index is 11.7. The van der Waals surface area contributed by atoms with Crippen LogP contribution < -0.4 is 5.32 Å². The molecule has 0 radical (unpaired) electrons. The van der Waals surface area contributed by atoms with Crippen molar-refractivity contribution in [3.8, 4) is 0 Å². The van der Waals surface area contributed by atoms with Crippen LogP contribution in [0.3, 0.4) is 0 Å². The fourth-order valence-corrected chi connectivity index (χ4v) is 1.93. The summed E-state index contributed by atoms with van der Waals surface area (Å²) >= 11 is 0. The molecule has 1 fully saturated rings. The summed E-state index contributed by atoms with van der Waals surface area (Å²) in [6.45, 7) is 1.60. The lowest BCUT2D eigenvalue weighted by atomic mass is 9.96. The molecule has 0 saturated carbocycles. The highest BCUT2D eigenvalue weighted by Gasteiger charge is 2.26. The van der Waals surface area contributed by atoms with Crippen LogP contribution in [0.15, 0.2) is 0 Å². The maximum atomic E-state index is 11.7. The molecule has 0 aromatic carbocycles. The second-order valence-corrected chi connectivity index (χ2v) is 4.27. The van der Waals surface area contributed by atoms with E-state index in [-0.39, 0.29) is 18.4 Å². The first kappa shape index (κ1) is 13.8. The molecule has 0 bridgehead atoms. The molecular weight excluding hydrogens is 224 g/mol. The van der Waals surface area contributed by atoms with Gasteiger partial charge in [-0.2, -0.15) is 0 Å². The minimum Gasteiger partial charge on any atom is -0.465 e. The number of amides is 2. The fraction of sp³-hybridized carbons (Fsp3) is 0.818. The fourth-order valence-electron chi connectivity index (χ4n) is 1.93. The molecule has 1 saturated heterocycles. The summed E-state index contributed by atoms with van der Waals surface area (Å²) in [6.07, 6.45) is 1.75. The van der Waals surface area contributed by atoms with E-state index in [1.807, 2.05) is 0 Å². The van der Waals surface area contributed by atoms with Crippen LogP contribution in [0.5, 0.6) is 0 Å². The molecule has 98 valence electrons. The quantitative estimate of drug-likeness (QED) is 0.605. The number of hydrogen-bond acceptors (Lipinski definition) is 3. The number of carboxylic acid groups (broad SMARTS) is 1. The molecule has 0 aromatic rings. The number of carbonyl (C=O) groups is 2. The number of aliphatic hydroxyl groups excluding tert-OH is 1. The van der Waals surface area contributed by atoms with Crippen LogP contribution >= 0.6 is 0 Å². The third-order valence-electron chi connectivity index (χ3n) is 3.02. The third-order valence-corrected chi connectivity index (χ3v) is 3.02. The molecule has 2 amide bonds. The van der Waals surface area contributed by atoms with Crippen molar-refractivity contribution in [2.75, 3.05) is 26.2 Å². The van der Waals surface area contributed by atoms with Crippen LogP contribution in [-0.4, -0.2) is 53.4 Å². The predicted molar refractivity (Wildman–Crippen MR) is 61.7 cm³/mol. The van der Waals surface area contributed by atoms with E-state index >= 15 is 0 Å². The van der Waals surface area contributed by atoms with E-state index in [1.165, 1.54) is 4.90 Å². The van der Waals surface area contributed by atoms with Crippen molar-refractivity contribution in [3.63, 3.8) is 0 Å². The molecule has 0 unspecified atom stereocenters. The number of aliphatic hydroxyl groups is 1. The number of carbonyl (C=O) groups excluding carboxylic acids is 1. The topological polar surface area (TPSA) is 89.9 Å². The lowest BCUT2D eigenvalue weighted by molar-refractivity contribution is -0.126. The standard InChI is InChI=1S/C11H20N2O4/c14-8-2-1-5-12-10(15)9-3-6-13(7-4-9)11(16)17/h9,14H,1-8H2,(H,12,15)(H,16,17). The molecule has 1 heterocycles. The van der Waals surface area contributed by atoms with Crippen molar-refractivity contribution in [1.29, 1.82) is 0 Å². The summed E-state index contributed by atoms with van der Waals surface area (Å²) in [4.78, 5) is 23.7. The zero-order valence-corrected chi connectivity index (χ0v) is 9.89. The Kier molecular flexibility index (Phi) is 5.76. The molecule has 0 aliphatic carbocycles. The molecule has 6 nitrogen and oxygen atoms in total. The zero-order valence-electron chi connectivity index (χ0n) is 9.89. The summed E-state index contributed by atoms with van der Waals surface area (Å²) < 4.78 is 0. The molecule has 17 heavy (non-hydrogen) atoms. The Morgan fingerprint density at radius 1 is 1.24 bits per heavy atom. The smallest absolute Gasteiger partial charge is 0.407 e. The average molecular weight is 244 g/mol. The lowest BCUT2D eigenvalue weighted by Gasteiger charge is -2.29. The van der Waals surface area contributed by atoms with E-state index < -0.39 is 6.09 Å². The summed E-state index contributed by atoms with van der Waals surface area (Å²) in [5.74, 6) is -0.0623. The minimum atomic E-state index is -0.910. The lowest BCUT2D eigenvalue weighted by Crippen LogP contribution is -2.42. The first-order chi connectivity index (χ1) is 8.15. The maximum Gasteiger partial charge on any atom is 0.407 e. The Labute approximate surface area is 101 Å². The van der Waals surface area contributed by atoms with Crippen molar-refractivity contribution >= 4 is 12.0 Å². The van der Waals surface area contributed by atoms with Gasteiger partial charge in [-0.25, -0.2) is 4.79 Å². The van der Waals surface area contributed by atoms with E-state index in [0.717, 1.165) is 6.42 Å². The Morgan fingerprint density at radius 2 is 1.88 bits per heavy atom. The molecule has 6 heteroatoms. The molecule has 0 aromatic heterocycles. The van der Waals surface area contributed by atoms with E-state index in [9.17, 15) is 9.59 Å². The van der Waals surface area contributed by atoms with Crippen LogP contribution in [0, 0.1) is 5.92 Å².